The molecular weight excluding hydrogens is 290 g/mol. The van der Waals surface area contributed by atoms with E-state index in [1.54, 1.807) is 0 Å². The molecule has 0 bridgehead atoms. The first-order valence-electron chi connectivity index (χ1n) is 8.03. The van der Waals surface area contributed by atoms with Crippen LogP contribution in [0.25, 0.3) is 0 Å². The minimum atomic E-state index is -0.438. The maximum atomic E-state index is 9.73. The van der Waals surface area contributed by atoms with Crippen LogP contribution >= 0.6 is 0 Å². The van der Waals surface area contributed by atoms with E-state index < -0.39 is 12.2 Å². The summed E-state index contributed by atoms with van der Waals surface area (Å²) in [5.74, 6) is 0.844. The zero-order valence-electron chi connectivity index (χ0n) is 13.1. The van der Waals surface area contributed by atoms with Crippen LogP contribution in [0.4, 0.5) is 0 Å². The molecule has 0 amide bonds. The van der Waals surface area contributed by atoms with Gasteiger partial charge in [0.25, 0.3) is 0 Å². The van der Waals surface area contributed by atoms with Crippen molar-refractivity contribution >= 4 is 0 Å². The van der Waals surface area contributed by atoms with Crippen molar-refractivity contribution < 1.29 is 14.9 Å². The molecule has 2 N–H and O–H groups in total. The summed E-state index contributed by atoms with van der Waals surface area (Å²) in [6.07, 6.45) is -0.401. The van der Waals surface area contributed by atoms with Crippen molar-refractivity contribution in [2.45, 2.75) is 31.8 Å². The number of aliphatic hydroxyl groups is 2. The molecule has 3 rings (SSSR count). The van der Waals surface area contributed by atoms with E-state index in [2.05, 4.69) is 4.90 Å². The summed E-state index contributed by atoms with van der Waals surface area (Å²) in [6, 6.07) is 18.1. The number of hydrogen-bond donors (Lipinski definition) is 2. The molecule has 1 aliphatic heterocycles. The second-order valence-corrected chi connectivity index (χ2v) is 6.16. The van der Waals surface area contributed by atoms with Gasteiger partial charge in [-0.25, -0.2) is 0 Å². The van der Waals surface area contributed by atoms with E-state index in [0.29, 0.717) is 26.1 Å². The molecule has 0 aliphatic carbocycles. The van der Waals surface area contributed by atoms with Gasteiger partial charge in [-0.15, -0.1) is 0 Å². The number of rotatable bonds is 5. The molecular formula is C19H23NO3. The van der Waals surface area contributed by atoms with Crippen molar-refractivity contribution in [1.29, 1.82) is 0 Å². The van der Waals surface area contributed by atoms with Gasteiger partial charge in [-0.3, -0.25) is 4.90 Å². The van der Waals surface area contributed by atoms with E-state index in [-0.39, 0.29) is 0 Å². The molecule has 2 aromatic carbocycles. The number of aliphatic hydroxyl groups excluding tert-OH is 2. The van der Waals surface area contributed by atoms with Crippen LogP contribution in [0.5, 0.6) is 5.75 Å². The number of ether oxygens (including phenoxy) is 1. The lowest BCUT2D eigenvalue weighted by Gasteiger charge is -2.33. The molecule has 0 saturated carbocycles. The molecule has 0 aromatic heterocycles. The molecule has 0 spiro atoms. The Morgan fingerprint density at radius 2 is 1.52 bits per heavy atom. The third kappa shape index (κ3) is 4.79. The van der Waals surface area contributed by atoms with Gasteiger partial charge in [0.1, 0.15) is 12.4 Å². The van der Waals surface area contributed by atoms with Crippen LogP contribution < -0.4 is 4.74 Å². The maximum absolute atomic E-state index is 9.73. The van der Waals surface area contributed by atoms with Crippen LogP contribution in [0.15, 0.2) is 54.6 Å². The lowest BCUT2D eigenvalue weighted by molar-refractivity contribution is -0.0110. The molecule has 23 heavy (non-hydrogen) atoms. The Bertz CT molecular complexity index is 590. The van der Waals surface area contributed by atoms with E-state index in [1.807, 2.05) is 54.6 Å². The van der Waals surface area contributed by atoms with Gasteiger partial charge in [0.05, 0.1) is 12.2 Å². The Labute approximate surface area is 136 Å². The number of benzene rings is 2. The first-order valence-corrected chi connectivity index (χ1v) is 8.03. The van der Waals surface area contributed by atoms with Gasteiger partial charge in [-0.2, -0.15) is 0 Å². The third-order valence-electron chi connectivity index (χ3n) is 4.06. The van der Waals surface area contributed by atoms with Crippen LogP contribution in [0.2, 0.25) is 0 Å². The molecule has 1 heterocycles. The highest BCUT2D eigenvalue weighted by molar-refractivity contribution is 5.28. The van der Waals surface area contributed by atoms with Crippen molar-refractivity contribution in [1.82, 2.24) is 4.90 Å². The SMILES string of the molecule is O[C@@H]1C[C@@H](O)CN(Cc2ccc(OCc3ccccc3)cc2)C1. The van der Waals surface area contributed by atoms with Gasteiger partial charge in [0.15, 0.2) is 0 Å². The quantitative estimate of drug-likeness (QED) is 0.888. The van der Waals surface area contributed by atoms with Crippen molar-refractivity contribution in [3.05, 3.63) is 65.7 Å². The van der Waals surface area contributed by atoms with E-state index in [1.165, 1.54) is 0 Å². The second-order valence-electron chi connectivity index (χ2n) is 6.16. The van der Waals surface area contributed by atoms with Gasteiger partial charge in [0.2, 0.25) is 0 Å². The zero-order valence-corrected chi connectivity index (χ0v) is 13.1. The summed E-state index contributed by atoms with van der Waals surface area (Å²) in [4.78, 5) is 2.08. The van der Waals surface area contributed by atoms with Crippen molar-refractivity contribution in [2.24, 2.45) is 0 Å². The Hall–Kier alpha value is -1.88. The van der Waals surface area contributed by atoms with E-state index in [9.17, 15) is 10.2 Å². The predicted octanol–water partition coefficient (Wildman–Crippen LogP) is 2.19. The van der Waals surface area contributed by atoms with E-state index >= 15 is 0 Å². The third-order valence-corrected chi connectivity index (χ3v) is 4.06. The van der Waals surface area contributed by atoms with Crippen molar-refractivity contribution in [3.63, 3.8) is 0 Å². The van der Waals surface area contributed by atoms with Crippen molar-refractivity contribution in [3.8, 4) is 5.75 Å². The molecule has 122 valence electrons. The predicted molar refractivity (Wildman–Crippen MR) is 89.1 cm³/mol. The van der Waals surface area contributed by atoms with Crippen LogP contribution in [0, 0.1) is 0 Å². The minimum Gasteiger partial charge on any atom is -0.489 e. The lowest BCUT2D eigenvalue weighted by Crippen LogP contribution is -2.45. The number of β-amino-alcohol motifs (C(OH)–C–C–N with tert-alkyl or cyclic N) is 2. The average molecular weight is 313 g/mol. The number of likely N-dealkylation sites (tertiary alicyclic amines) is 1. The summed E-state index contributed by atoms with van der Waals surface area (Å²) in [7, 11) is 0. The van der Waals surface area contributed by atoms with Gasteiger partial charge in [0, 0.05) is 26.1 Å². The Balaban J connectivity index is 1.52. The van der Waals surface area contributed by atoms with Crippen LogP contribution in [0.1, 0.15) is 17.5 Å². The van der Waals surface area contributed by atoms with Gasteiger partial charge in [-0.05, 0) is 23.3 Å². The fraction of sp³-hybridized carbons (Fsp3) is 0.368. The highest BCUT2D eigenvalue weighted by Gasteiger charge is 2.24. The minimum absolute atomic E-state index is 0.438. The number of nitrogens with zero attached hydrogens (tertiary/aromatic N) is 1. The normalized spacial score (nSPS) is 22.0. The van der Waals surface area contributed by atoms with Gasteiger partial charge < -0.3 is 14.9 Å². The largest absolute Gasteiger partial charge is 0.489 e. The summed E-state index contributed by atoms with van der Waals surface area (Å²) in [5, 5.41) is 19.5. The van der Waals surface area contributed by atoms with Gasteiger partial charge >= 0.3 is 0 Å². The Morgan fingerprint density at radius 3 is 2.17 bits per heavy atom. The monoisotopic (exact) mass is 313 g/mol. The average Bonchev–Trinajstić information content (AvgIpc) is 2.54. The van der Waals surface area contributed by atoms with Crippen LogP contribution in [-0.4, -0.2) is 40.4 Å². The highest BCUT2D eigenvalue weighted by Crippen LogP contribution is 2.18. The van der Waals surface area contributed by atoms with Crippen LogP contribution in [-0.2, 0) is 13.2 Å². The summed E-state index contributed by atoms with van der Waals surface area (Å²) in [5.41, 5.74) is 2.30. The Kier molecular flexibility index (Phi) is 5.28. The summed E-state index contributed by atoms with van der Waals surface area (Å²) in [6.45, 7) is 2.52. The van der Waals surface area contributed by atoms with Gasteiger partial charge in [-0.1, -0.05) is 42.5 Å². The molecule has 2 aromatic rings. The van der Waals surface area contributed by atoms with E-state index in [4.69, 9.17) is 4.74 Å². The number of piperidine rings is 1. The Morgan fingerprint density at radius 1 is 0.870 bits per heavy atom. The molecule has 0 unspecified atom stereocenters. The second kappa shape index (κ2) is 7.59. The summed E-state index contributed by atoms with van der Waals surface area (Å²) >= 11 is 0. The molecule has 0 radical (unpaired) electrons. The van der Waals surface area contributed by atoms with E-state index in [0.717, 1.165) is 23.4 Å². The van der Waals surface area contributed by atoms with Crippen molar-refractivity contribution in [2.75, 3.05) is 13.1 Å². The molecule has 1 aliphatic rings. The lowest BCUT2D eigenvalue weighted by atomic mass is 10.0. The maximum Gasteiger partial charge on any atom is 0.119 e. The topological polar surface area (TPSA) is 52.9 Å². The standard InChI is InChI=1S/C19H23NO3/c21-17-10-18(22)13-20(12-17)11-15-6-8-19(9-7-15)23-14-16-4-2-1-3-5-16/h1-9,17-18,21-22H,10-14H2/t17-,18-/m1/s1. The first-order chi connectivity index (χ1) is 11.2. The molecule has 1 saturated heterocycles. The van der Waals surface area contributed by atoms with Crippen LogP contribution in [0.3, 0.4) is 0 Å². The molecule has 4 heteroatoms. The molecule has 2 atom stereocenters. The smallest absolute Gasteiger partial charge is 0.119 e. The zero-order chi connectivity index (χ0) is 16.1. The summed E-state index contributed by atoms with van der Waals surface area (Å²) < 4.78 is 5.78. The number of hydrogen-bond acceptors (Lipinski definition) is 4. The first kappa shape index (κ1) is 16.0. The molecule has 1 fully saturated rings. The fourth-order valence-corrected chi connectivity index (χ4v) is 2.95. The fourth-order valence-electron chi connectivity index (χ4n) is 2.95. The molecule has 4 nitrogen and oxygen atoms in total. The highest BCUT2D eigenvalue weighted by atomic mass is 16.5.